The van der Waals surface area contributed by atoms with Gasteiger partial charge in [-0.2, -0.15) is 0 Å². The summed E-state index contributed by atoms with van der Waals surface area (Å²) in [6.45, 7) is 0. The minimum atomic E-state index is -3.89. The summed E-state index contributed by atoms with van der Waals surface area (Å²) < 4.78 is 35.2. The van der Waals surface area contributed by atoms with E-state index >= 15 is 0 Å². The average Bonchev–Trinajstić information content (AvgIpc) is 2.82. The van der Waals surface area contributed by atoms with Crippen LogP contribution in [0.3, 0.4) is 0 Å². The second-order valence-electron chi connectivity index (χ2n) is 7.19. The number of anilines is 2. The van der Waals surface area contributed by atoms with Crippen LogP contribution in [0.15, 0.2) is 106 Å². The SMILES string of the molecule is NC(=O)Nc1cccc(-c2ccccc2NS(=O)(=O)c2ccc(Oc3ccccc3)cc2)c1Br. The molecule has 0 bridgehead atoms. The van der Waals surface area contributed by atoms with E-state index in [0.717, 1.165) is 0 Å². The number of benzene rings is 4. The number of carbonyl (C=O) groups is 1. The van der Waals surface area contributed by atoms with Gasteiger partial charge in [0.2, 0.25) is 0 Å². The van der Waals surface area contributed by atoms with Crippen molar-refractivity contribution in [2.45, 2.75) is 4.90 Å². The Balaban J connectivity index is 1.61. The van der Waals surface area contributed by atoms with Crippen molar-refractivity contribution in [3.63, 3.8) is 0 Å². The fourth-order valence-corrected chi connectivity index (χ4v) is 4.95. The minimum absolute atomic E-state index is 0.0888. The zero-order valence-electron chi connectivity index (χ0n) is 17.7. The van der Waals surface area contributed by atoms with Crippen LogP contribution >= 0.6 is 15.9 Å². The van der Waals surface area contributed by atoms with Gasteiger partial charge in [0, 0.05) is 15.6 Å². The van der Waals surface area contributed by atoms with Crippen LogP contribution in [-0.2, 0) is 10.0 Å². The molecule has 0 aliphatic heterocycles. The summed E-state index contributed by atoms with van der Waals surface area (Å²) in [5, 5.41) is 2.54. The highest BCUT2D eigenvalue weighted by atomic mass is 79.9. The monoisotopic (exact) mass is 537 g/mol. The third-order valence-electron chi connectivity index (χ3n) is 4.83. The van der Waals surface area contributed by atoms with Crippen LogP contribution in [0.25, 0.3) is 11.1 Å². The van der Waals surface area contributed by atoms with Gasteiger partial charge < -0.3 is 15.8 Å². The summed E-state index contributed by atoms with van der Waals surface area (Å²) >= 11 is 3.48. The van der Waals surface area contributed by atoms with Gasteiger partial charge in [-0.1, -0.05) is 48.5 Å². The quantitative estimate of drug-likeness (QED) is 0.260. The van der Waals surface area contributed by atoms with E-state index in [-0.39, 0.29) is 4.90 Å². The second kappa shape index (κ2) is 9.98. The highest BCUT2D eigenvalue weighted by molar-refractivity contribution is 9.10. The first-order chi connectivity index (χ1) is 16.3. The Kier molecular flexibility index (Phi) is 6.85. The van der Waals surface area contributed by atoms with E-state index in [4.69, 9.17) is 10.5 Å². The zero-order valence-corrected chi connectivity index (χ0v) is 20.1. The summed E-state index contributed by atoms with van der Waals surface area (Å²) in [7, 11) is -3.89. The molecule has 4 aromatic rings. The fraction of sp³-hybridized carbons (Fsp3) is 0. The predicted octanol–water partition coefficient (Wildman–Crippen LogP) is 6.20. The highest BCUT2D eigenvalue weighted by Gasteiger charge is 2.18. The van der Waals surface area contributed by atoms with E-state index in [9.17, 15) is 13.2 Å². The molecular formula is C25H20BrN3O4S. The van der Waals surface area contributed by atoms with Crippen molar-refractivity contribution < 1.29 is 17.9 Å². The molecule has 0 saturated heterocycles. The van der Waals surface area contributed by atoms with Crippen LogP contribution in [0.4, 0.5) is 16.2 Å². The van der Waals surface area contributed by atoms with Gasteiger partial charge in [0.25, 0.3) is 10.0 Å². The number of halogens is 1. The standard InChI is InChI=1S/C25H20BrN3O4S/c26-24-21(10-6-12-23(24)28-25(27)30)20-9-4-5-11-22(20)29-34(31,32)19-15-13-18(14-16-19)33-17-7-2-1-3-8-17/h1-16,29H,(H3,27,28,30). The van der Waals surface area contributed by atoms with Crippen molar-refractivity contribution in [1.82, 2.24) is 0 Å². The van der Waals surface area contributed by atoms with Gasteiger partial charge in [0.05, 0.1) is 16.3 Å². The summed E-state index contributed by atoms with van der Waals surface area (Å²) in [5.74, 6) is 1.18. The van der Waals surface area contributed by atoms with E-state index < -0.39 is 16.1 Å². The molecule has 7 nitrogen and oxygen atoms in total. The molecule has 0 unspecified atom stereocenters. The fourth-order valence-electron chi connectivity index (χ4n) is 3.29. The Morgan fingerprint density at radius 1 is 0.735 bits per heavy atom. The minimum Gasteiger partial charge on any atom is -0.457 e. The van der Waals surface area contributed by atoms with Crippen molar-refractivity contribution in [3.05, 3.63) is 102 Å². The Morgan fingerprint density at radius 3 is 2.03 bits per heavy atom. The molecule has 0 aromatic heterocycles. The van der Waals surface area contributed by atoms with Gasteiger partial charge in [-0.05, 0) is 64.5 Å². The summed E-state index contributed by atoms with van der Waals surface area (Å²) in [5.41, 5.74) is 7.39. The zero-order chi connectivity index (χ0) is 24.1. The number of urea groups is 1. The molecule has 0 aliphatic rings. The smallest absolute Gasteiger partial charge is 0.316 e. The molecule has 34 heavy (non-hydrogen) atoms. The van der Waals surface area contributed by atoms with E-state index in [0.29, 0.717) is 38.5 Å². The number of hydrogen-bond donors (Lipinski definition) is 3. The molecular weight excluding hydrogens is 518 g/mol. The summed E-state index contributed by atoms with van der Waals surface area (Å²) in [4.78, 5) is 11.4. The molecule has 0 atom stereocenters. The number of rotatable bonds is 7. The lowest BCUT2D eigenvalue weighted by Gasteiger charge is -2.16. The van der Waals surface area contributed by atoms with Crippen molar-refractivity contribution in [2.75, 3.05) is 10.0 Å². The average molecular weight is 538 g/mol. The predicted molar refractivity (Wildman–Crippen MR) is 137 cm³/mol. The van der Waals surface area contributed by atoms with E-state index in [1.807, 2.05) is 30.3 Å². The molecule has 0 spiro atoms. The first-order valence-electron chi connectivity index (χ1n) is 10.1. The first-order valence-corrected chi connectivity index (χ1v) is 12.4. The highest BCUT2D eigenvalue weighted by Crippen LogP contribution is 2.38. The van der Waals surface area contributed by atoms with Gasteiger partial charge in [-0.25, -0.2) is 13.2 Å². The topological polar surface area (TPSA) is 111 Å². The lowest BCUT2D eigenvalue weighted by molar-refractivity contribution is 0.259. The summed E-state index contributed by atoms with van der Waals surface area (Å²) in [6.07, 6.45) is 0. The number of nitrogens with one attached hydrogen (secondary N) is 2. The van der Waals surface area contributed by atoms with Gasteiger partial charge in [-0.3, -0.25) is 4.72 Å². The van der Waals surface area contributed by atoms with E-state index in [2.05, 4.69) is 26.0 Å². The largest absolute Gasteiger partial charge is 0.457 e. The van der Waals surface area contributed by atoms with Crippen LogP contribution in [0, 0.1) is 0 Å². The van der Waals surface area contributed by atoms with Gasteiger partial charge >= 0.3 is 6.03 Å². The third-order valence-corrected chi connectivity index (χ3v) is 7.07. The van der Waals surface area contributed by atoms with Crippen molar-refractivity contribution in [2.24, 2.45) is 5.73 Å². The van der Waals surface area contributed by atoms with E-state index in [1.165, 1.54) is 12.1 Å². The molecule has 0 aliphatic carbocycles. The molecule has 0 saturated carbocycles. The van der Waals surface area contributed by atoms with Gasteiger partial charge in [0.15, 0.2) is 0 Å². The molecule has 0 fully saturated rings. The lowest BCUT2D eigenvalue weighted by Crippen LogP contribution is -2.19. The van der Waals surface area contributed by atoms with E-state index in [1.54, 1.807) is 54.6 Å². The van der Waals surface area contributed by atoms with Crippen LogP contribution in [-0.4, -0.2) is 14.4 Å². The molecule has 2 amide bonds. The van der Waals surface area contributed by atoms with Crippen LogP contribution in [0.1, 0.15) is 0 Å². The maximum absolute atomic E-state index is 13.1. The number of ether oxygens (including phenoxy) is 1. The Hall–Kier alpha value is -3.82. The molecule has 9 heteroatoms. The number of carbonyl (C=O) groups excluding carboxylic acids is 1. The Morgan fingerprint density at radius 2 is 1.32 bits per heavy atom. The number of amides is 2. The molecule has 172 valence electrons. The van der Waals surface area contributed by atoms with Crippen molar-refractivity contribution in [1.29, 1.82) is 0 Å². The Bertz CT molecular complexity index is 1430. The number of hydrogen-bond acceptors (Lipinski definition) is 4. The lowest BCUT2D eigenvalue weighted by atomic mass is 10.0. The summed E-state index contributed by atoms with van der Waals surface area (Å²) in [6, 6.07) is 26.9. The second-order valence-corrected chi connectivity index (χ2v) is 9.67. The number of primary amides is 1. The van der Waals surface area contributed by atoms with Crippen LogP contribution in [0.2, 0.25) is 0 Å². The molecule has 0 heterocycles. The Labute approximate surface area is 205 Å². The maximum Gasteiger partial charge on any atom is 0.316 e. The third kappa shape index (κ3) is 5.38. The van der Waals surface area contributed by atoms with Crippen LogP contribution in [0.5, 0.6) is 11.5 Å². The van der Waals surface area contributed by atoms with Crippen molar-refractivity contribution >= 4 is 43.4 Å². The van der Waals surface area contributed by atoms with Gasteiger partial charge in [0.1, 0.15) is 11.5 Å². The number of sulfonamides is 1. The molecule has 4 N–H and O–H groups in total. The maximum atomic E-state index is 13.1. The number of para-hydroxylation sites is 2. The number of nitrogens with two attached hydrogens (primary N) is 1. The molecule has 0 radical (unpaired) electrons. The van der Waals surface area contributed by atoms with Crippen molar-refractivity contribution in [3.8, 4) is 22.6 Å². The van der Waals surface area contributed by atoms with Gasteiger partial charge in [-0.15, -0.1) is 0 Å². The van der Waals surface area contributed by atoms with Crippen LogP contribution < -0.4 is 20.5 Å². The normalized spacial score (nSPS) is 11.0. The molecule has 4 rings (SSSR count). The molecule has 4 aromatic carbocycles. The first kappa shape index (κ1) is 23.3.